The fourth-order valence-electron chi connectivity index (χ4n) is 4.30. The molecule has 1 saturated heterocycles. The summed E-state index contributed by atoms with van der Waals surface area (Å²) in [5.41, 5.74) is 2.64. The van der Waals surface area contributed by atoms with Crippen molar-refractivity contribution in [1.82, 2.24) is 4.90 Å². The lowest BCUT2D eigenvalue weighted by Crippen LogP contribution is -2.64. The molecule has 0 N–H and O–H groups in total. The molecule has 1 heterocycles. The number of rotatable bonds is 7. The number of β-lactam (4-membered cyclic amide) rings is 1. The van der Waals surface area contributed by atoms with Gasteiger partial charge < -0.3 is 4.43 Å². The van der Waals surface area contributed by atoms with Crippen molar-refractivity contribution in [1.29, 1.82) is 0 Å². The molecule has 2 aromatic carbocycles. The Morgan fingerprint density at radius 2 is 1.48 bits per heavy atom. The largest absolute Gasteiger partial charge is 0.403 e. The molecule has 0 spiro atoms. The highest BCUT2D eigenvalue weighted by atomic mass is 28.4. The van der Waals surface area contributed by atoms with Crippen molar-refractivity contribution in [2.24, 2.45) is 0 Å². The third-order valence-electron chi connectivity index (χ3n) is 6.71. The van der Waals surface area contributed by atoms with E-state index in [-0.39, 0.29) is 23.3 Å². The number of benzene rings is 2. The lowest BCUT2D eigenvalue weighted by molar-refractivity contribution is -0.158. The van der Waals surface area contributed by atoms with Gasteiger partial charge in [0.1, 0.15) is 0 Å². The average Bonchev–Trinajstić information content (AvgIpc) is 2.78. The van der Waals surface area contributed by atoms with Gasteiger partial charge in [0.05, 0.1) is 6.04 Å². The molecule has 2 aromatic rings. The van der Waals surface area contributed by atoms with Gasteiger partial charge in [-0.25, -0.2) is 0 Å². The Morgan fingerprint density at radius 1 is 0.935 bits per heavy atom. The maximum absolute atomic E-state index is 13.4. The summed E-state index contributed by atoms with van der Waals surface area (Å²) in [5, 5.41) is 0. The average molecular weight is 438 g/mol. The molecule has 166 valence electrons. The van der Waals surface area contributed by atoms with E-state index in [1.165, 1.54) is 4.90 Å². The predicted molar refractivity (Wildman–Crippen MR) is 128 cm³/mol. The fraction of sp³-hybridized carbons (Fsp3) is 0.462. The number of hydrogen-bond acceptors (Lipinski definition) is 3. The molecule has 2 amide bonds. The first-order valence-electron chi connectivity index (χ1n) is 11.4. The predicted octanol–water partition coefficient (Wildman–Crippen LogP) is 6.10. The zero-order valence-electron chi connectivity index (χ0n) is 19.6. The van der Waals surface area contributed by atoms with Gasteiger partial charge in [-0.3, -0.25) is 14.5 Å². The van der Waals surface area contributed by atoms with Crippen molar-refractivity contribution in [3.05, 3.63) is 71.3 Å². The van der Waals surface area contributed by atoms with Crippen LogP contribution in [0.4, 0.5) is 0 Å². The molecule has 31 heavy (non-hydrogen) atoms. The van der Waals surface area contributed by atoms with Crippen LogP contribution in [0.2, 0.25) is 18.1 Å². The van der Waals surface area contributed by atoms with Gasteiger partial charge in [-0.1, -0.05) is 84.0 Å². The zero-order chi connectivity index (χ0) is 22.8. The van der Waals surface area contributed by atoms with E-state index in [1.54, 1.807) is 0 Å². The van der Waals surface area contributed by atoms with Gasteiger partial charge in [-0.05, 0) is 46.8 Å². The minimum absolute atomic E-state index is 0.00801. The monoisotopic (exact) mass is 437 g/mol. The smallest absolute Gasteiger partial charge is 0.261 e. The summed E-state index contributed by atoms with van der Waals surface area (Å²) >= 11 is 0. The summed E-state index contributed by atoms with van der Waals surface area (Å²) in [6.45, 7) is 12.9. The van der Waals surface area contributed by atoms with E-state index < -0.39 is 14.4 Å². The van der Waals surface area contributed by atoms with E-state index in [4.69, 9.17) is 4.43 Å². The van der Waals surface area contributed by atoms with E-state index in [9.17, 15) is 9.59 Å². The Balaban J connectivity index is 1.92. The van der Waals surface area contributed by atoms with Crippen LogP contribution in [0, 0.1) is 0 Å². The SMILES string of the molecule is CC[Si](CC)(CC)OC1C(=O)N(C(=O)c2ccc(C(C)(C)C)cc2)C1c1ccccc1. The summed E-state index contributed by atoms with van der Waals surface area (Å²) in [7, 11) is -2.00. The van der Waals surface area contributed by atoms with Crippen LogP contribution in [-0.4, -0.2) is 31.1 Å². The quantitative estimate of drug-likeness (QED) is 0.299. The molecule has 2 atom stereocenters. The Bertz CT molecular complexity index is 906. The lowest BCUT2D eigenvalue weighted by atomic mass is 9.86. The number of hydrogen-bond donors (Lipinski definition) is 0. The summed E-state index contributed by atoms with van der Waals surface area (Å²) in [4.78, 5) is 28.0. The van der Waals surface area contributed by atoms with E-state index in [0.29, 0.717) is 5.56 Å². The van der Waals surface area contributed by atoms with Crippen LogP contribution >= 0.6 is 0 Å². The second-order valence-electron chi connectivity index (χ2n) is 9.48. The number of amides is 2. The summed E-state index contributed by atoms with van der Waals surface area (Å²) < 4.78 is 6.58. The molecule has 1 aliphatic rings. The highest BCUT2D eigenvalue weighted by Gasteiger charge is 2.54. The molecular weight excluding hydrogens is 402 g/mol. The highest BCUT2D eigenvalue weighted by Crippen LogP contribution is 2.41. The van der Waals surface area contributed by atoms with Crippen molar-refractivity contribution in [3.63, 3.8) is 0 Å². The minimum atomic E-state index is -2.00. The first kappa shape index (κ1) is 23.4. The molecule has 0 aliphatic carbocycles. The molecule has 2 unspecified atom stereocenters. The summed E-state index contributed by atoms with van der Waals surface area (Å²) in [6, 6.07) is 19.9. The van der Waals surface area contributed by atoms with Crippen LogP contribution in [0.25, 0.3) is 0 Å². The lowest BCUT2D eigenvalue weighted by Gasteiger charge is -2.48. The van der Waals surface area contributed by atoms with E-state index in [0.717, 1.165) is 29.3 Å². The van der Waals surface area contributed by atoms with Crippen molar-refractivity contribution in [2.45, 2.75) is 77.2 Å². The Morgan fingerprint density at radius 3 is 1.97 bits per heavy atom. The number of carbonyl (C=O) groups is 2. The van der Waals surface area contributed by atoms with Gasteiger partial charge in [0.25, 0.3) is 11.8 Å². The van der Waals surface area contributed by atoms with Gasteiger partial charge in [-0.15, -0.1) is 0 Å². The first-order valence-corrected chi connectivity index (χ1v) is 13.9. The second-order valence-corrected chi connectivity index (χ2v) is 14.2. The molecular formula is C26H35NO3Si. The van der Waals surface area contributed by atoms with Crippen molar-refractivity contribution < 1.29 is 14.0 Å². The maximum Gasteiger partial charge on any atom is 0.261 e. The van der Waals surface area contributed by atoms with Crippen LogP contribution in [0.15, 0.2) is 54.6 Å². The molecule has 0 saturated carbocycles. The normalized spacial score (nSPS) is 19.3. The number of nitrogens with zero attached hydrogens (tertiary/aromatic N) is 1. The molecule has 5 heteroatoms. The maximum atomic E-state index is 13.4. The van der Waals surface area contributed by atoms with Gasteiger partial charge in [0.2, 0.25) is 0 Å². The summed E-state index contributed by atoms with van der Waals surface area (Å²) in [5.74, 6) is -0.470. The van der Waals surface area contributed by atoms with Crippen LogP contribution < -0.4 is 0 Å². The van der Waals surface area contributed by atoms with Crippen LogP contribution in [-0.2, 0) is 14.6 Å². The molecule has 0 aromatic heterocycles. The standard InChI is InChI=1S/C26H35NO3Si/c1-7-31(8-2,9-3)30-23-22(19-13-11-10-12-14-19)27(25(23)29)24(28)20-15-17-21(18-16-20)26(4,5)6/h10-18,22-23H,7-9H2,1-6H3. The molecule has 0 radical (unpaired) electrons. The van der Waals surface area contributed by atoms with Gasteiger partial charge in [-0.2, -0.15) is 0 Å². The van der Waals surface area contributed by atoms with Gasteiger partial charge in [0, 0.05) is 5.56 Å². The molecule has 0 bridgehead atoms. The van der Waals surface area contributed by atoms with E-state index in [2.05, 4.69) is 41.5 Å². The second kappa shape index (κ2) is 9.09. The van der Waals surface area contributed by atoms with Crippen LogP contribution in [0.3, 0.4) is 0 Å². The number of carbonyl (C=O) groups excluding carboxylic acids is 2. The summed E-state index contributed by atoms with van der Waals surface area (Å²) in [6.07, 6.45) is -0.577. The van der Waals surface area contributed by atoms with E-state index >= 15 is 0 Å². The number of imide groups is 1. The van der Waals surface area contributed by atoms with Crippen molar-refractivity contribution in [3.8, 4) is 0 Å². The molecule has 3 rings (SSSR count). The zero-order valence-corrected chi connectivity index (χ0v) is 20.6. The Labute approximate surface area is 187 Å². The van der Waals surface area contributed by atoms with Gasteiger partial charge in [0.15, 0.2) is 14.4 Å². The van der Waals surface area contributed by atoms with Crippen LogP contribution in [0.1, 0.15) is 69.1 Å². The Kier molecular flexibility index (Phi) is 6.87. The fourth-order valence-corrected chi connectivity index (χ4v) is 7.07. The third kappa shape index (κ3) is 4.53. The highest BCUT2D eigenvalue weighted by molar-refractivity contribution is 6.73. The third-order valence-corrected chi connectivity index (χ3v) is 11.3. The van der Waals surface area contributed by atoms with Crippen molar-refractivity contribution in [2.75, 3.05) is 0 Å². The van der Waals surface area contributed by atoms with E-state index in [1.807, 2.05) is 54.6 Å². The first-order chi connectivity index (χ1) is 14.7. The van der Waals surface area contributed by atoms with Crippen LogP contribution in [0.5, 0.6) is 0 Å². The minimum Gasteiger partial charge on any atom is -0.403 e. The van der Waals surface area contributed by atoms with Gasteiger partial charge >= 0.3 is 0 Å². The molecule has 1 aliphatic heterocycles. The van der Waals surface area contributed by atoms with Crippen molar-refractivity contribution >= 4 is 20.1 Å². The Hall–Kier alpha value is -2.24. The number of likely N-dealkylation sites (tertiary alicyclic amines) is 1. The topological polar surface area (TPSA) is 46.6 Å². The molecule has 1 fully saturated rings. The molecule has 4 nitrogen and oxygen atoms in total.